The van der Waals surface area contributed by atoms with Crippen LogP contribution in [0.4, 0.5) is 5.82 Å². The van der Waals surface area contributed by atoms with Crippen molar-refractivity contribution in [3.8, 4) is 0 Å². The van der Waals surface area contributed by atoms with Crippen LogP contribution in [0, 0.1) is 6.92 Å². The maximum absolute atomic E-state index is 11.4. The highest BCUT2D eigenvalue weighted by atomic mass is 16.4. The number of aliphatic carboxylic acids is 1. The van der Waals surface area contributed by atoms with Crippen molar-refractivity contribution in [2.45, 2.75) is 38.1 Å². The summed E-state index contributed by atoms with van der Waals surface area (Å²) in [5, 5.41) is 12.1. The van der Waals surface area contributed by atoms with E-state index in [0.717, 1.165) is 25.0 Å². The third kappa shape index (κ3) is 2.83. The average molecular weight is 263 g/mol. The molecule has 0 bridgehead atoms. The molecule has 0 radical (unpaired) electrons. The fourth-order valence-corrected chi connectivity index (χ4v) is 2.34. The molecule has 1 fully saturated rings. The maximum atomic E-state index is 11.4. The molecule has 0 spiro atoms. The normalized spacial score (nSPS) is 16.5. The van der Waals surface area contributed by atoms with E-state index < -0.39 is 17.4 Å². The summed E-state index contributed by atoms with van der Waals surface area (Å²) in [4.78, 5) is 26.6. The zero-order valence-electron chi connectivity index (χ0n) is 10.8. The van der Waals surface area contributed by atoms with E-state index in [1.165, 1.54) is 0 Å². The highest BCUT2D eigenvalue weighted by Gasteiger charge is 2.39. The number of hydrogen-bond acceptors (Lipinski definition) is 4. The van der Waals surface area contributed by atoms with Crippen LogP contribution in [0.5, 0.6) is 0 Å². The van der Waals surface area contributed by atoms with Crippen LogP contribution in [-0.2, 0) is 4.79 Å². The monoisotopic (exact) mass is 263 g/mol. The smallest absolute Gasteiger partial charge is 0.305 e. The molecule has 1 aromatic heterocycles. The third-order valence-electron chi connectivity index (χ3n) is 3.48. The number of amides is 1. The Hall–Kier alpha value is -2.11. The lowest BCUT2D eigenvalue weighted by molar-refractivity contribution is -0.138. The number of carboxylic acids is 1. The van der Waals surface area contributed by atoms with Gasteiger partial charge in [0.2, 0.25) is 0 Å². The predicted octanol–water partition coefficient (Wildman–Crippen LogP) is 1.30. The Morgan fingerprint density at radius 2 is 2.16 bits per heavy atom. The fraction of sp³-hybridized carbons (Fsp3) is 0.462. The topological polar surface area (TPSA) is 105 Å². The molecule has 1 aliphatic rings. The summed E-state index contributed by atoms with van der Waals surface area (Å²) in [7, 11) is 0. The molecule has 1 aromatic rings. The summed E-state index contributed by atoms with van der Waals surface area (Å²) in [6, 6.07) is 3.32. The molecule has 0 atom stereocenters. The first-order valence-electron chi connectivity index (χ1n) is 6.19. The molecule has 0 aliphatic heterocycles. The van der Waals surface area contributed by atoms with Crippen molar-refractivity contribution in [2.75, 3.05) is 5.32 Å². The van der Waals surface area contributed by atoms with Gasteiger partial charge in [-0.25, -0.2) is 4.98 Å². The number of aryl methyl sites for hydroxylation is 1. The number of pyridine rings is 1. The molecule has 1 aliphatic carbocycles. The van der Waals surface area contributed by atoms with Crippen LogP contribution in [0.1, 0.15) is 41.7 Å². The zero-order chi connectivity index (χ0) is 14.0. The van der Waals surface area contributed by atoms with Gasteiger partial charge in [0.05, 0.1) is 12.0 Å². The Bertz CT molecular complexity index is 524. The number of nitrogens with two attached hydrogens (primary N) is 1. The second-order valence-electron chi connectivity index (χ2n) is 5.04. The number of carbonyl (C=O) groups is 2. The van der Waals surface area contributed by atoms with Crippen molar-refractivity contribution >= 4 is 17.7 Å². The van der Waals surface area contributed by atoms with Gasteiger partial charge >= 0.3 is 5.97 Å². The molecule has 102 valence electrons. The number of anilines is 1. The summed E-state index contributed by atoms with van der Waals surface area (Å²) >= 11 is 0. The Morgan fingerprint density at radius 1 is 1.47 bits per heavy atom. The molecule has 1 saturated carbocycles. The van der Waals surface area contributed by atoms with Gasteiger partial charge in [-0.1, -0.05) is 0 Å². The van der Waals surface area contributed by atoms with Crippen molar-refractivity contribution < 1.29 is 14.7 Å². The first kappa shape index (κ1) is 13.3. The van der Waals surface area contributed by atoms with E-state index >= 15 is 0 Å². The van der Waals surface area contributed by atoms with Gasteiger partial charge in [0, 0.05) is 11.2 Å². The van der Waals surface area contributed by atoms with Crippen LogP contribution >= 0.6 is 0 Å². The van der Waals surface area contributed by atoms with Gasteiger partial charge in [0.1, 0.15) is 5.82 Å². The highest BCUT2D eigenvalue weighted by molar-refractivity contribution is 5.97. The van der Waals surface area contributed by atoms with Gasteiger partial charge in [-0.05, 0) is 38.3 Å². The predicted molar refractivity (Wildman–Crippen MR) is 69.9 cm³/mol. The van der Waals surface area contributed by atoms with Gasteiger partial charge in [-0.3, -0.25) is 9.59 Å². The van der Waals surface area contributed by atoms with Crippen LogP contribution in [0.15, 0.2) is 12.1 Å². The molecule has 0 aromatic carbocycles. The summed E-state index contributed by atoms with van der Waals surface area (Å²) in [6.45, 7) is 1.81. The minimum absolute atomic E-state index is 0.0147. The fourth-order valence-electron chi connectivity index (χ4n) is 2.34. The standard InChI is InChI=1S/C13H17N3O3/c1-8-3-4-9(11(14)19)12(15-8)16-13(5-2-6-13)7-10(17)18/h3-4H,2,5-7H2,1H3,(H2,14,19)(H,15,16)(H,17,18). The number of nitrogens with one attached hydrogen (secondary N) is 1. The number of rotatable bonds is 5. The number of hydrogen-bond donors (Lipinski definition) is 3. The number of carbonyl (C=O) groups excluding carboxylic acids is 1. The van der Waals surface area contributed by atoms with Crippen LogP contribution in [0.25, 0.3) is 0 Å². The molecule has 4 N–H and O–H groups in total. The lowest BCUT2D eigenvalue weighted by Crippen LogP contribution is -2.47. The highest BCUT2D eigenvalue weighted by Crippen LogP contribution is 2.38. The number of nitrogens with zero attached hydrogens (tertiary/aromatic N) is 1. The van der Waals surface area contributed by atoms with E-state index in [4.69, 9.17) is 10.8 Å². The number of carboxylic acid groups (broad SMARTS) is 1. The number of primary amides is 1. The third-order valence-corrected chi connectivity index (χ3v) is 3.48. The molecule has 1 amide bonds. The minimum Gasteiger partial charge on any atom is -0.481 e. The van der Waals surface area contributed by atoms with Crippen molar-refractivity contribution in [3.63, 3.8) is 0 Å². The van der Waals surface area contributed by atoms with Crippen molar-refractivity contribution in [1.29, 1.82) is 0 Å². The van der Waals surface area contributed by atoms with Gasteiger partial charge in [0.15, 0.2) is 0 Å². The Labute approximate surface area is 111 Å². The van der Waals surface area contributed by atoms with E-state index in [2.05, 4.69) is 10.3 Å². The first-order chi connectivity index (χ1) is 8.92. The maximum Gasteiger partial charge on any atom is 0.305 e. The number of aromatic nitrogens is 1. The molecule has 19 heavy (non-hydrogen) atoms. The molecular formula is C13H17N3O3. The summed E-state index contributed by atoms with van der Waals surface area (Å²) < 4.78 is 0. The second kappa shape index (κ2) is 4.87. The summed E-state index contributed by atoms with van der Waals surface area (Å²) in [6.07, 6.45) is 2.50. The second-order valence-corrected chi connectivity index (χ2v) is 5.04. The van der Waals surface area contributed by atoms with Gasteiger partial charge in [0.25, 0.3) is 5.91 Å². The Kier molecular flexibility index (Phi) is 3.42. The van der Waals surface area contributed by atoms with Gasteiger partial charge < -0.3 is 16.2 Å². The van der Waals surface area contributed by atoms with E-state index in [-0.39, 0.29) is 6.42 Å². The molecule has 6 nitrogen and oxygen atoms in total. The van der Waals surface area contributed by atoms with E-state index in [1.807, 2.05) is 0 Å². The van der Waals surface area contributed by atoms with Gasteiger partial charge in [-0.15, -0.1) is 0 Å². The van der Waals surface area contributed by atoms with Crippen molar-refractivity contribution in [1.82, 2.24) is 4.98 Å². The minimum atomic E-state index is -0.861. The molecule has 1 heterocycles. The summed E-state index contributed by atoms with van der Waals surface area (Å²) in [5.41, 5.74) is 5.85. The van der Waals surface area contributed by atoms with Crippen molar-refractivity contribution in [2.24, 2.45) is 5.73 Å². The van der Waals surface area contributed by atoms with Crippen LogP contribution in [0.2, 0.25) is 0 Å². The lowest BCUT2D eigenvalue weighted by atomic mass is 9.74. The average Bonchev–Trinajstić information content (AvgIpc) is 2.25. The Morgan fingerprint density at radius 3 is 2.63 bits per heavy atom. The van der Waals surface area contributed by atoms with Crippen LogP contribution in [-0.4, -0.2) is 27.5 Å². The van der Waals surface area contributed by atoms with Crippen molar-refractivity contribution in [3.05, 3.63) is 23.4 Å². The van der Waals surface area contributed by atoms with Crippen LogP contribution < -0.4 is 11.1 Å². The molecular weight excluding hydrogens is 246 g/mol. The lowest BCUT2D eigenvalue weighted by Gasteiger charge is -2.42. The summed E-state index contributed by atoms with van der Waals surface area (Å²) in [5.74, 6) is -1.05. The van der Waals surface area contributed by atoms with E-state index in [9.17, 15) is 9.59 Å². The molecule has 6 heteroatoms. The zero-order valence-corrected chi connectivity index (χ0v) is 10.8. The SMILES string of the molecule is Cc1ccc(C(N)=O)c(NC2(CC(=O)O)CCC2)n1. The van der Waals surface area contributed by atoms with E-state index in [0.29, 0.717) is 11.4 Å². The molecule has 2 rings (SSSR count). The molecule has 0 saturated heterocycles. The Balaban J connectivity index is 2.28. The quantitative estimate of drug-likeness (QED) is 0.742. The van der Waals surface area contributed by atoms with Crippen LogP contribution in [0.3, 0.4) is 0 Å². The largest absolute Gasteiger partial charge is 0.481 e. The first-order valence-corrected chi connectivity index (χ1v) is 6.19. The van der Waals surface area contributed by atoms with E-state index in [1.54, 1.807) is 19.1 Å². The van der Waals surface area contributed by atoms with Gasteiger partial charge in [-0.2, -0.15) is 0 Å². The molecule has 0 unspecified atom stereocenters.